The maximum Gasteiger partial charge on any atom is 0.0779 e. The molecule has 1 aliphatic carbocycles. The molecular formula is C20H34O2. The quantitative estimate of drug-likeness (QED) is 0.723. The lowest BCUT2D eigenvalue weighted by molar-refractivity contribution is -0.0535. The summed E-state index contributed by atoms with van der Waals surface area (Å²) in [6, 6.07) is 0. The summed E-state index contributed by atoms with van der Waals surface area (Å²) in [5, 5.41) is 21.6. The molecule has 0 aromatic heterocycles. The number of hydrogen-bond acceptors (Lipinski definition) is 2. The van der Waals surface area contributed by atoms with Gasteiger partial charge < -0.3 is 10.2 Å². The number of aliphatic hydroxyl groups excluding tert-OH is 1. The van der Waals surface area contributed by atoms with Crippen molar-refractivity contribution in [3.8, 4) is 0 Å². The molecule has 0 heterocycles. The Labute approximate surface area is 136 Å². The minimum absolute atomic E-state index is 0.116. The summed E-state index contributed by atoms with van der Waals surface area (Å²) in [4.78, 5) is 0. The van der Waals surface area contributed by atoms with Crippen molar-refractivity contribution in [2.75, 3.05) is 0 Å². The lowest BCUT2D eigenvalue weighted by Gasteiger charge is -2.36. The predicted molar refractivity (Wildman–Crippen MR) is 94.8 cm³/mol. The molecule has 0 amide bonds. The van der Waals surface area contributed by atoms with E-state index in [9.17, 15) is 10.2 Å². The second-order valence-electron chi connectivity index (χ2n) is 7.42. The summed E-state index contributed by atoms with van der Waals surface area (Å²) in [5.41, 5.74) is 3.01. The van der Waals surface area contributed by atoms with Gasteiger partial charge in [0, 0.05) is 5.92 Å². The van der Waals surface area contributed by atoms with Crippen molar-refractivity contribution in [2.24, 2.45) is 5.92 Å². The van der Waals surface area contributed by atoms with E-state index in [0.717, 1.165) is 32.1 Å². The first kappa shape index (κ1) is 19.2. The monoisotopic (exact) mass is 306 g/mol. The van der Waals surface area contributed by atoms with Gasteiger partial charge in [-0.25, -0.2) is 0 Å². The van der Waals surface area contributed by atoms with Gasteiger partial charge in [-0.2, -0.15) is 0 Å². The van der Waals surface area contributed by atoms with Crippen molar-refractivity contribution >= 4 is 0 Å². The standard InChI is InChI=1S/C20H34O2/c1-15(2)8-7-13-20(5,22)18-12-11-16(3)9-6-10-17(4)14-19(18)21/h8-9,14,18-19,21-22H,6-7,10-13H2,1-5H3/b16-9+,17-14+/t18-,19+,20-/m1/s1. The molecule has 1 rings (SSSR count). The summed E-state index contributed by atoms with van der Waals surface area (Å²) in [7, 11) is 0. The van der Waals surface area contributed by atoms with Crippen molar-refractivity contribution in [3.63, 3.8) is 0 Å². The highest BCUT2D eigenvalue weighted by Gasteiger charge is 2.35. The van der Waals surface area contributed by atoms with Gasteiger partial charge in [-0.15, -0.1) is 0 Å². The SMILES string of the molecule is CC(C)=CCC[C@@](C)(O)[C@@H]1CC/C(C)=C/CC/C(C)=C/[C@@H]1O. The molecule has 2 nitrogen and oxygen atoms in total. The molecule has 126 valence electrons. The Bertz CT molecular complexity index is 437. The summed E-state index contributed by atoms with van der Waals surface area (Å²) in [6.07, 6.45) is 11.2. The van der Waals surface area contributed by atoms with E-state index in [1.165, 1.54) is 16.7 Å². The first-order valence-corrected chi connectivity index (χ1v) is 8.59. The molecule has 3 atom stereocenters. The van der Waals surface area contributed by atoms with Gasteiger partial charge in [0.05, 0.1) is 11.7 Å². The molecule has 1 aliphatic rings. The molecule has 0 saturated carbocycles. The lowest BCUT2D eigenvalue weighted by atomic mass is 9.77. The van der Waals surface area contributed by atoms with E-state index in [1.807, 2.05) is 13.0 Å². The Balaban J connectivity index is 2.89. The van der Waals surface area contributed by atoms with Crippen LogP contribution in [0.1, 0.15) is 73.1 Å². The second kappa shape index (κ2) is 8.69. The van der Waals surface area contributed by atoms with Crippen molar-refractivity contribution in [3.05, 3.63) is 34.9 Å². The molecular weight excluding hydrogens is 272 g/mol. The van der Waals surface area contributed by atoms with E-state index >= 15 is 0 Å². The lowest BCUT2D eigenvalue weighted by Crippen LogP contribution is -2.41. The van der Waals surface area contributed by atoms with E-state index in [0.29, 0.717) is 6.42 Å². The van der Waals surface area contributed by atoms with Crippen LogP contribution >= 0.6 is 0 Å². The van der Waals surface area contributed by atoms with Gasteiger partial charge in [0.2, 0.25) is 0 Å². The summed E-state index contributed by atoms with van der Waals surface area (Å²) >= 11 is 0. The average Bonchev–Trinajstić information content (AvgIpc) is 2.37. The first-order chi connectivity index (χ1) is 10.2. The third-order valence-electron chi connectivity index (χ3n) is 4.75. The fraction of sp³-hybridized carbons (Fsp3) is 0.700. The molecule has 0 aromatic rings. The molecule has 0 fully saturated rings. The maximum atomic E-state index is 10.9. The van der Waals surface area contributed by atoms with E-state index in [2.05, 4.69) is 39.8 Å². The zero-order chi connectivity index (χ0) is 16.8. The minimum atomic E-state index is -0.846. The predicted octanol–water partition coefficient (Wildman–Crippen LogP) is 4.93. The van der Waals surface area contributed by atoms with Crippen LogP contribution in [0.4, 0.5) is 0 Å². The van der Waals surface area contributed by atoms with Crippen LogP contribution in [0.15, 0.2) is 34.9 Å². The number of rotatable bonds is 4. The van der Waals surface area contributed by atoms with Crippen molar-refractivity contribution in [1.82, 2.24) is 0 Å². The van der Waals surface area contributed by atoms with Crippen LogP contribution in [0.2, 0.25) is 0 Å². The molecule has 0 radical (unpaired) electrons. The first-order valence-electron chi connectivity index (χ1n) is 8.59. The number of allylic oxidation sites excluding steroid dienone is 5. The largest absolute Gasteiger partial charge is 0.390 e. The van der Waals surface area contributed by atoms with Gasteiger partial charge in [0.15, 0.2) is 0 Å². The van der Waals surface area contributed by atoms with Gasteiger partial charge in [-0.1, -0.05) is 34.9 Å². The normalized spacial score (nSPS) is 31.2. The van der Waals surface area contributed by atoms with Crippen molar-refractivity contribution in [2.45, 2.75) is 84.8 Å². The molecule has 0 aromatic carbocycles. The molecule has 0 spiro atoms. The Hall–Kier alpha value is -0.860. The second-order valence-corrected chi connectivity index (χ2v) is 7.42. The summed E-state index contributed by atoms with van der Waals surface area (Å²) < 4.78 is 0. The molecule has 2 N–H and O–H groups in total. The smallest absolute Gasteiger partial charge is 0.0779 e. The van der Waals surface area contributed by atoms with Gasteiger partial charge in [-0.05, 0) is 73.1 Å². The molecule has 0 bridgehead atoms. The van der Waals surface area contributed by atoms with E-state index in [-0.39, 0.29) is 5.92 Å². The summed E-state index contributed by atoms with van der Waals surface area (Å²) in [5.74, 6) is -0.116. The van der Waals surface area contributed by atoms with Crippen LogP contribution in [0.5, 0.6) is 0 Å². The van der Waals surface area contributed by atoms with Crippen LogP contribution in [-0.2, 0) is 0 Å². The van der Waals surface area contributed by atoms with Crippen LogP contribution in [0.3, 0.4) is 0 Å². The Morgan fingerprint density at radius 1 is 1.27 bits per heavy atom. The van der Waals surface area contributed by atoms with Gasteiger partial charge in [0.25, 0.3) is 0 Å². The minimum Gasteiger partial charge on any atom is -0.390 e. The molecule has 2 heteroatoms. The van der Waals surface area contributed by atoms with Gasteiger partial charge in [0.1, 0.15) is 0 Å². The third kappa shape index (κ3) is 6.50. The highest BCUT2D eigenvalue weighted by atomic mass is 16.3. The highest BCUT2D eigenvalue weighted by molar-refractivity contribution is 5.10. The zero-order valence-electron chi connectivity index (χ0n) is 15.0. The topological polar surface area (TPSA) is 40.5 Å². The Morgan fingerprint density at radius 3 is 2.59 bits per heavy atom. The van der Waals surface area contributed by atoms with Gasteiger partial charge in [-0.3, -0.25) is 0 Å². The van der Waals surface area contributed by atoms with Crippen LogP contribution in [0, 0.1) is 5.92 Å². The molecule has 0 saturated heterocycles. The number of aliphatic hydroxyl groups is 2. The van der Waals surface area contributed by atoms with Crippen LogP contribution in [0.25, 0.3) is 0 Å². The van der Waals surface area contributed by atoms with E-state index in [1.54, 1.807) is 0 Å². The fourth-order valence-electron chi connectivity index (χ4n) is 3.21. The fourth-order valence-corrected chi connectivity index (χ4v) is 3.21. The maximum absolute atomic E-state index is 10.9. The third-order valence-corrected chi connectivity index (χ3v) is 4.75. The van der Waals surface area contributed by atoms with E-state index in [4.69, 9.17) is 0 Å². The molecule has 0 unspecified atom stereocenters. The van der Waals surface area contributed by atoms with Crippen molar-refractivity contribution in [1.29, 1.82) is 0 Å². The Kier molecular flexibility index (Phi) is 7.58. The van der Waals surface area contributed by atoms with Crippen molar-refractivity contribution < 1.29 is 10.2 Å². The average molecular weight is 306 g/mol. The highest BCUT2D eigenvalue weighted by Crippen LogP contribution is 2.33. The van der Waals surface area contributed by atoms with Crippen LogP contribution in [-0.4, -0.2) is 21.9 Å². The molecule has 22 heavy (non-hydrogen) atoms. The Morgan fingerprint density at radius 2 is 1.95 bits per heavy atom. The summed E-state index contributed by atoms with van der Waals surface area (Å²) in [6.45, 7) is 10.3. The van der Waals surface area contributed by atoms with Crippen LogP contribution < -0.4 is 0 Å². The molecule has 0 aliphatic heterocycles. The number of hydrogen-bond donors (Lipinski definition) is 2. The van der Waals surface area contributed by atoms with Gasteiger partial charge >= 0.3 is 0 Å². The van der Waals surface area contributed by atoms with E-state index < -0.39 is 11.7 Å². The zero-order valence-corrected chi connectivity index (χ0v) is 15.0.